The quantitative estimate of drug-likeness (QED) is 0.183. The van der Waals surface area contributed by atoms with Gasteiger partial charge in [-0.1, -0.05) is 42.5 Å². The minimum Gasteiger partial charge on any atom is -0.327 e. The number of nitriles is 1. The topological polar surface area (TPSA) is 74.8 Å². The lowest BCUT2D eigenvalue weighted by atomic mass is 10.0. The third kappa shape index (κ3) is 6.93. The van der Waals surface area contributed by atoms with Gasteiger partial charge in [0.25, 0.3) is 5.91 Å². The van der Waals surface area contributed by atoms with Crippen LogP contribution >= 0.6 is 0 Å². The highest BCUT2D eigenvalue weighted by Gasteiger charge is 2.30. The standard InChI is InChI=1S/C32H22F5N5O/c33-28-12-11-26(29(34)15-28)18-41(19-30-40-39-20-42(30)17-22-9-7-21(16-38)8-10-22)31(43)25-5-1-3-23(13-25)24-4-2-6-27(14-24)32(35,36)37/h1-15,20H,17-19H2. The number of halogens is 5. The van der Waals surface area contributed by atoms with E-state index in [-0.39, 0.29) is 29.8 Å². The number of hydrogen-bond donors (Lipinski definition) is 0. The van der Waals surface area contributed by atoms with Crippen molar-refractivity contribution < 1.29 is 26.7 Å². The van der Waals surface area contributed by atoms with Crippen molar-refractivity contribution in [1.29, 1.82) is 5.26 Å². The molecule has 0 radical (unpaired) electrons. The molecule has 1 heterocycles. The highest BCUT2D eigenvalue weighted by molar-refractivity contribution is 5.95. The molecule has 6 nitrogen and oxygen atoms in total. The third-order valence-electron chi connectivity index (χ3n) is 6.76. The molecule has 5 aromatic rings. The molecular weight excluding hydrogens is 565 g/mol. The summed E-state index contributed by atoms with van der Waals surface area (Å²) < 4.78 is 69.9. The molecule has 11 heteroatoms. The van der Waals surface area contributed by atoms with Gasteiger partial charge in [-0.3, -0.25) is 4.79 Å². The van der Waals surface area contributed by atoms with Crippen LogP contribution in [0.1, 0.15) is 38.4 Å². The molecule has 0 atom stereocenters. The second-order valence-corrected chi connectivity index (χ2v) is 9.74. The Morgan fingerprint density at radius 3 is 2.30 bits per heavy atom. The fraction of sp³-hybridized carbons (Fsp3) is 0.125. The van der Waals surface area contributed by atoms with E-state index >= 15 is 0 Å². The molecule has 1 aromatic heterocycles. The van der Waals surface area contributed by atoms with Crippen molar-refractivity contribution in [3.63, 3.8) is 0 Å². The summed E-state index contributed by atoms with van der Waals surface area (Å²) in [5.41, 5.74) is 1.38. The lowest BCUT2D eigenvalue weighted by molar-refractivity contribution is -0.137. The lowest BCUT2D eigenvalue weighted by Crippen LogP contribution is -2.32. The van der Waals surface area contributed by atoms with Gasteiger partial charge in [-0.2, -0.15) is 18.4 Å². The van der Waals surface area contributed by atoms with Crippen LogP contribution in [0.2, 0.25) is 0 Å². The van der Waals surface area contributed by atoms with Gasteiger partial charge in [0.15, 0.2) is 5.82 Å². The van der Waals surface area contributed by atoms with Crippen molar-refractivity contribution in [2.45, 2.75) is 25.8 Å². The average molecular weight is 588 g/mol. The summed E-state index contributed by atoms with van der Waals surface area (Å²) in [6.45, 7) is -0.0335. The minimum atomic E-state index is -4.53. The summed E-state index contributed by atoms with van der Waals surface area (Å²) in [4.78, 5) is 15.2. The maximum Gasteiger partial charge on any atom is 0.416 e. The highest BCUT2D eigenvalue weighted by Crippen LogP contribution is 2.32. The SMILES string of the molecule is N#Cc1ccc(Cn2cnnc2CN(Cc2ccc(F)cc2F)C(=O)c2cccc(-c3cccc(C(F)(F)F)c3)c2)cc1. The zero-order valence-corrected chi connectivity index (χ0v) is 22.4. The van der Waals surface area contributed by atoms with Crippen molar-refractivity contribution in [1.82, 2.24) is 19.7 Å². The van der Waals surface area contributed by atoms with Gasteiger partial charge in [0.05, 0.1) is 30.3 Å². The third-order valence-corrected chi connectivity index (χ3v) is 6.76. The van der Waals surface area contributed by atoms with Crippen LogP contribution in [0.15, 0.2) is 97.3 Å². The van der Waals surface area contributed by atoms with Crippen LogP contribution in [-0.2, 0) is 25.8 Å². The van der Waals surface area contributed by atoms with Crippen LogP contribution in [0.3, 0.4) is 0 Å². The molecule has 0 unspecified atom stereocenters. The van der Waals surface area contributed by atoms with Gasteiger partial charge >= 0.3 is 6.18 Å². The Labute approximate surface area is 243 Å². The maximum absolute atomic E-state index is 14.7. The van der Waals surface area contributed by atoms with Crippen LogP contribution in [0.5, 0.6) is 0 Å². The van der Waals surface area contributed by atoms with E-state index in [4.69, 9.17) is 5.26 Å². The second kappa shape index (κ2) is 12.2. The van der Waals surface area contributed by atoms with Gasteiger partial charge in [0.1, 0.15) is 18.0 Å². The van der Waals surface area contributed by atoms with Crippen molar-refractivity contribution in [2.24, 2.45) is 0 Å². The van der Waals surface area contributed by atoms with Crippen molar-refractivity contribution in [2.75, 3.05) is 0 Å². The first-order valence-corrected chi connectivity index (χ1v) is 13.0. The highest BCUT2D eigenvalue weighted by atomic mass is 19.4. The van der Waals surface area contributed by atoms with Crippen molar-refractivity contribution in [3.05, 3.63) is 143 Å². The molecule has 216 valence electrons. The molecular formula is C32H22F5N5O. The molecule has 0 aliphatic carbocycles. The van der Waals surface area contributed by atoms with E-state index in [0.29, 0.717) is 23.5 Å². The van der Waals surface area contributed by atoms with Crippen LogP contribution in [0.25, 0.3) is 11.1 Å². The number of aromatic nitrogens is 3. The van der Waals surface area contributed by atoms with E-state index in [2.05, 4.69) is 16.3 Å². The molecule has 0 bridgehead atoms. The van der Waals surface area contributed by atoms with E-state index in [9.17, 15) is 26.7 Å². The number of amides is 1. The molecule has 0 N–H and O–H groups in total. The summed E-state index contributed by atoms with van der Waals surface area (Å²) in [6.07, 6.45) is -3.06. The molecule has 43 heavy (non-hydrogen) atoms. The fourth-order valence-corrected chi connectivity index (χ4v) is 4.53. The zero-order chi connectivity index (χ0) is 30.6. The Kier molecular flexibility index (Phi) is 8.29. The van der Waals surface area contributed by atoms with Crippen LogP contribution in [-0.4, -0.2) is 25.6 Å². The Morgan fingerprint density at radius 1 is 0.884 bits per heavy atom. The number of alkyl halides is 3. The fourth-order valence-electron chi connectivity index (χ4n) is 4.53. The molecule has 0 spiro atoms. The first-order valence-electron chi connectivity index (χ1n) is 13.0. The smallest absolute Gasteiger partial charge is 0.327 e. The lowest BCUT2D eigenvalue weighted by Gasteiger charge is -2.23. The van der Waals surface area contributed by atoms with Crippen LogP contribution < -0.4 is 0 Å². The largest absolute Gasteiger partial charge is 0.416 e. The Hall–Kier alpha value is -5.37. The van der Waals surface area contributed by atoms with Gasteiger partial charge in [0, 0.05) is 23.7 Å². The van der Waals surface area contributed by atoms with E-state index in [1.165, 1.54) is 41.6 Å². The first kappa shape index (κ1) is 29.1. The van der Waals surface area contributed by atoms with E-state index < -0.39 is 29.3 Å². The Bertz CT molecular complexity index is 1810. The van der Waals surface area contributed by atoms with Gasteiger partial charge in [-0.25, -0.2) is 8.78 Å². The summed E-state index contributed by atoms with van der Waals surface area (Å²) in [7, 11) is 0. The van der Waals surface area contributed by atoms with Gasteiger partial charge in [0.2, 0.25) is 0 Å². The van der Waals surface area contributed by atoms with Crippen molar-refractivity contribution in [3.8, 4) is 17.2 Å². The number of carbonyl (C=O) groups is 1. The number of rotatable bonds is 8. The zero-order valence-electron chi connectivity index (χ0n) is 22.4. The Morgan fingerprint density at radius 2 is 1.60 bits per heavy atom. The number of nitrogens with zero attached hydrogens (tertiary/aromatic N) is 5. The summed E-state index contributed by atoms with van der Waals surface area (Å²) in [5.74, 6) is -1.79. The molecule has 0 aliphatic rings. The van der Waals surface area contributed by atoms with Gasteiger partial charge in [-0.05, 0) is 59.2 Å². The van der Waals surface area contributed by atoms with Crippen molar-refractivity contribution >= 4 is 5.91 Å². The molecule has 1 amide bonds. The normalized spacial score (nSPS) is 11.3. The molecule has 0 fully saturated rings. The molecule has 0 saturated carbocycles. The predicted octanol–water partition coefficient (Wildman–Crippen LogP) is 7.00. The number of benzene rings is 4. The molecule has 0 saturated heterocycles. The number of hydrogen-bond acceptors (Lipinski definition) is 4. The summed E-state index contributed by atoms with van der Waals surface area (Å²) >= 11 is 0. The Balaban J connectivity index is 1.47. The molecule has 4 aromatic carbocycles. The van der Waals surface area contributed by atoms with E-state index in [1.54, 1.807) is 41.0 Å². The van der Waals surface area contributed by atoms with Gasteiger partial charge in [-0.15, -0.1) is 10.2 Å². The molecule has 5 rings (SSSR count). The number of carbonyl (C=O) groups excluding carboxylic acids is 1. The minimum absolute atomic E-state index is 0.0574. The van der Waals surface area contributed by atoms with Gasteiger partial charge < -0.3 is 9.47 Å². The monoisotopic (exact) mass is 587 g/mol. The predicted molar refractivity (Wildman–Crippen MR) is 147 cm³/mol. The van der Waals surface area contributed by atoms with Crippen LogP contribution in [0.4, 0.5) is 22.0 Å². The summed E-state index contributed by atoms with van der Waals surface area (Å²) in [6, 6.07) is 22.9. The van der Waals surface area contributed by atoms with E-state index in [0.717, 1.165) is 29.8 Å². The maximum atomic E-state index is 14.7. The van der Waals surface area contributed by atoms with Crippen LogP contribution in [0, 0.1) is 23.0 Å². The van der Waals surface area contributed by atoms with E-state index in [1.807, 2.05) is 0 Å². The second-order valence-electron chi connectivity index (χ2n) is 9.74. The molecule has 0 aliphatic heterocycles. The summed E-state index contributed by atoms with van der Waals surface area (Å²) in [5, 5.41) is 17.2. The average Bonchev–Trinajstić information content (AvgIpc) is 3.44. The first-order chi connectivity index (χ1) is 20.6.